The number of amides is 1. The summed E-state index contributed by atoms with van der Waals surface area (Å²) in [5.74, 6) is 0.0591. The van der Waals surface area contributed by atoms with E-state index >= 15 is 0 Å². The van der Waals surface area contributed by atoms with Crippen LogP contribution >= 0.6 is 23.2 Å². The van der Waals surface area contributed by atoms with Crippen LogP contribution in [0.1, 0.15) is 25.3 Å². The first-order chi connectivity index (χ1) is 8.87. The van der Waals surface area contributed by atoms with Crippen molar-refractivity contribution in [3.8, 4) is 0 Å². The quantitative estimate of drug-likeness (QED) is 0.932. The van der Waals surface area contributed by atoms with E-state index in [9.17, 15) is 9.90 Å². The SMILES string of the molecule is CC1(O)CCN(C(=O)CCc2ccc(Cl)cc2Cl)C1. The predicted molar refractivity (Wildman–Crippen MR) is 76.6 cm³/mol. The van der Waals surface area contributed by atoms with Gasteiger partial charge in [-0.25, -0.2) is 0 Å². The molecule has 1 fully saturated rings. The predicted octanol–water partition coefficient (Wildman–Crippen LogP) is 2.91. The van der Waals surface area contributed by atoms with Gasteiger partial charge in [-0.3, -0.25) is 4.79 Å². The van der Waals surface area contributed by atoms with Crippen LogP contribution in [0.3, 0.4) is 0 Å². The topological polar surface area (TPSA) is 40.5 Å². The van der Waals surface area contributed by atoms with Gasteiger partial charge in [-0.2, -0.15) is 0 Å². The van der Waals surface area contributed by atoms with E-state index in [-0.39, 0.29) is 5.91 Å². The summed E-state index contributed by atoms with van der Waals surface area (Å²) in [5.41, 5.74) is 0.179. The summed E-state index contributed by atoms with van der Waals surface area (Å²) in [6.45, 7) is 2.80. The van der Waals surface area contributed by atoms with Gasteiger partial charge in [0.05, 0.1) is 5.60 Å². The highest BCUT2D eigenvalue weighted by Gasteiger charge is 2.33. The van der Waals surface area contributed by atoms with E-state index in [0.29, 0.717) is 42.4 Å². The average Bonchev–Trinajstić information content (AvgIpc) is 2.68. The fraction of sp³-hybridized carbons (Fsp3) is 0.500. The van der Waals surface area contributed by atoms with Crippen molar-refractivity contribution in [2.45, 2.75) is 31.8 Å². The molecule has 1 amide bonds. The van der Waals surface area contributed by atoms with Crippen molar-refractivity contribution in [2.75, 3.05) is 13.1 Å². The number of rotatable bonds is 3. The summed E-state index contributed by atoms with van der Waals surface area (Å²) >= 11 is 11.9. The average molecular weight is 302 g/mol. The summed E-state index contributed by atoms with van der Waals surface area (Å²) < 4.78 is 0. The minimum atomic E-state index is -0.742. The number of hydrogen-bond donors (Lipinski definition) is 1. The fourth-order valence-electron chi connectivity index (χ4n) is 2.28. The Morgan fingerprint density at radius 2 is 2.21 bits per heavy atom. The van der Waals surface area contributed by atoms with Crippen molar-refractivity contribution in [2.24, 2.45) is 0 Å². The largest absolute Gasteiger partial charge is 0.388 e. The number of aliphatic hydroxyl groups is 1. The van der Waals surface area contributed by atoms with Gasteiger partial charge < -0.3 is 10.0 Å². The molecule has 0 aromatic heterocycles. The molecule has 1 saturated heterocycles. The lowest BCUT2D eigenvalue weighted by molar-refractivity contribution is -0.131. The van der Waals surface area contributed by atoms with Gasteiger partial charge in [0.15, 0.2) is 0 Å². The van der Waals surface area contributed by atoms with Crippen molar-refractivity contribution in [3.05, 3.63) is 33.8 Å². The van der Waals surface area contributed by atoms with Gasteiger partial charge in [0.1, 0.15) is 0 Å². The van der Waals surface area contributed by atoms with Gasteiger partial charge in [0, 0.05) is 29.6 Å². The van der Waals surface area contributed by atoms with Crippen molar-refractivity contribution in [1.29, 1.82) is 0 Å². The highest BCUT2D eigenvalue weighted by molar-refractivity contribution is 6.35. The number of likely N-dealkylation sites (tertiary alicyclic amines) is 1. The third-order valence-electron chi connectivity index (χ3n) is 3.43. The number of hydrogen-bond acceptors (Lipinski definition) is 2. The zero-order valence-electron chi connectivity index (χ0n) is 10.8. The molecule has 5 heteroatoms. The van der Waals surface area contributed by atoms with Crippen LogP contribution in [-0.2, 0) is 11.2 Å². The van der Waals surface area contributed by atoms with E-state index in [1.54, 1.807) is 24.0 Å². The number of benzene rings is 1. The van der Waals surface area contributed by atoms with Gasteiger partial charge in [0.2, 0.25) is 5.91 Å². The van der Waals surface area contributed by atoms with Crippen LogP contribution in [0.15, 0.2) is 18.2 Å². The van der Waals surface area contributed by atoms with Gasteiger partial charge in [0.25, 0.3) is 0 Å². The molecule has 1 aliphatic heterocycles. The first kappa shape index (κ1) is 14.6. The Hall–Kier alpha value is -0.770. The number of β-amino-alcohol motifs (C(OH)–C–C–N with tert-alkyl or cyclic N) is 1. The highest BCUT2D eigenvalue weighted by Crippen LogP contribution is 2.24. The maximum atomic E-state index is 12.0. The highest BCUT2D eigenvalue weighted by atomic mass is 35.5. The molecular formula is C14H17Cl2NO2. The molecule has 2 rings (SSSR count). The molecule has 104 valence electrons. The molecule has 1 unspecified atom stereocenters. The molecule has 1 atom stereocenters. The maximum Gasteiger partial charge on any atom is 0.223 e. The van der Waals surface area contributed by atoms with Crippen molar-refractivity contribution >= 4 is 29.1 Å². The second-order valence-electron chi connectivity index (χ2n) is 5.30. The Labute approximate surface area is 123 Å². The molecule has 19 heavy (non-hydrogen) atoms. The van der Waals surface area contributed by atoms with Gasteiger partial charge in [-0.1, -0.05) is 29.3 Å². The molecule has 3 nitrogen and oxygen atoms in total. The van der Waals surface area contributed by atoms with E-state index in [1.807, 2.05) is 6.07 Å². The van der Waals surface area contributed by atoms with E-state index in [2.05, 4.69) is 0 Å². The van der Waals surface area contributed by atoms with Gasteiger partial charge in [-0.05, 0) is 37.5 Å². The Kier molecular flexibility index (Phi) is 4.39. The van der Waals surface area contributed by atoms with Crippen LogP contribution < -0.4 is 0 Å². The monoisotopic (exact) mass is 301 g/mol. The summed E-state index contributed by atoms with van der Waals surface area (Å²) in [4.78, 5) is 13.7. The first-order valence-corrected chi connectivity index (χ1v) is 7.07. The number of aryl methyl sites for hydroxylation is 1. The van der Waals surface area contributed by atoms with Crippen molar-refractivity contribution in [3.63, 3.8) is 0 Å². The molecule has 0 radical (unpaired) electrons. The molecule has 0 bridgehead atoms. The van der Waals surface area contributed by atoms with Crippen molar-refractivity contribution < 1.29 is 9.90 Å². The van der Waals surface area contributed by atoms with Crippen molar-refractivity contribution in [1.82, 2.24) is 4.90 Å². The number of carbonyl (C=O) groups excluding carboxylic acids is 1. The fourth-order valence-corrected chi connectivity index (χ4v) is 2.79. The molecule has 0 saturated carbocycles. The Balaban J connectivity index is 1.90. The maximum absolute atomic E-state index is 12.0. The Bertz CT molecular complexity index is 488. The minimum absolute atomic E-state index is 0.0591. The molecule has 0 aliphatic carbocycles. The molecule has 1 aromatic carbocycles. The number of nitrogens with zero attached hydrogens (tertiary/aromatic N) is 1. The summed E-state index contributed by atoms with van der Waals surface area (Å²) in [7, 11) is 0. The van der Waals surface area contributed by atoms with E-state index in [4.69, 9.17) is 23.2 Å². The molecule has 1 N–H and O–H groups in total. The minimum Gasteiger partial charge on any atom is -0.388 e. The lowest BCUT2D eigenvalue weighted by Crippen LogP contribution is -2.33. The lowest BCUT2D eigenvalue weighted by atomic mass is 10.1. The molecule has 1 aromatic rings. The Morgan fingerprint density at radius 3 is 2.79 bits per heavy atom. The van der Waals surface area contributed by atoms with Crippen LogP contribution in [0.25, 0.3) is 0 Å². The first-order valence-electron chi connectivity index (χ1n) is 6.31. The molecular weight excluding hydrogens is 285 g/mol. The number of carbonyl (C=O) groups is 1. The van der Waals surface area contributed by atoms with E-state index in [0.717, 1.165) is 5.56 Å². The summed E-state index contributed by atoms with van der Waals surface area (Å²) in [5, 5.41) is 11.0. The Morgan fingerprint density at radius 1 is 1.47 bits per heavy atom. The molecule has 0 spiro atoms. The van der Waals surface area contributed by atoms with Gasteiger partial charge >= 0.3 is 0 Å². The summed E-state index contributed by atoms with van der Waals surface area (Å²) in [6, 6.07) is 5.30. The zero-order valence-corrected chi connectivity index (χ0v) is 12.3. The standard InChI is InChI=1S/C14H17Cl2NO2/c1-14(19)6-7-17(9-14)13(18)5-3-10-2-4-11(15)8-12(10)16/h2,4,8,19H,3,5-7,9H2,1H3. The van der Waals surface area contributed by atoms with Crippen LogP contribution in [-0.4, -0.2) is 34.6 Å². The second-order valence-corrected chi connectivity index (χ2v) is 6.14. The normalized spacial score (nSPS) is 22.8. The summed E-state index contributed by atoms with van der Waals surface area (Å²) in [6.07, 6.45) is 1.63. The third kappa shape index (κ3) is 3.85. The van der Waals surface area contributed by atoms with E-state index < -0.39 is 5.60 Å². The van der Waals surface area contributed by atoms with Crippen LogP contribution in [0.4, 0.5) is 0 Å². The van der Waals surface area contributed by atoms with Gasteiger partial charge in [-0.15, -0.1) is 0 Å². The second kappa shape index (κ2) is 5.70. The van der Waals surface area contributed by atoms with E-state index in [1.165, 1.54) is 0 Å². The molecule has 1 aliphatic rings. The smallest absolute Gasteiger partial charge is 0.223 e. The van der Waals surface area contributed by atoms with Crippen LogP contribution in [0.2, 0.25) is 10.0 Å². The third-order valence-corrected chi connectivity index (χ3v) is 4.01. The number of halogens is 2. The zero-order chi connectivity index (χ0) is 14.0. The lowest BCUT2D eigenvalue weighted by Gasteiger charge is -2.19. The molecule has 1 heterocycles. The van der Waals surface area contributed by atoms with Crippen LogP contribution in [0.5, 0.6) is 0 Å². The van der Waals surface area contributed by atoms with Crippen LogP contribution in [0, 0.1) is 0 Å².